The van der Waals surface area contributed by atoms with Gasteiger partial charge in [0.1, 0.15) is 0 Å². The fourth-order valence-corrected chi connectivity index (χ4v) is 3.27. The van der Waals surface area contributed by atoms with Gasteiger partial charge in [-0.1, -0.05) is 18.0 Å². The minimum absolute atomic E-state index is 0.205. The van der Waals surface area contributed by atoms with Gasteiger partial charge in [-0.05, 0) is 47.0 Å². The van der Waals surface area contributed by atoms with Gasteiger partial charge in [-0.2, -0.15) is 0 Å². The van der Waals surface area contributed by atoms with Crippen molar-refractivity contribution in [2.24, 2.45) is 0 Å². The second-order valence-corrected chi connectivity index (χ2v) is 7.13. The highest BCUT2D eigenvalue weighted by atomic mass is 79.9. The van der Waals surface area contributed by atoms with Crippen molar-refractivity contribution in [3.05, 3.63) is 27.7 Å². The Morgan fingerprint density at radius 2 is 1.94 bits per heavy atom. The Bertz CT molecular complexity index is 494. The molecule has 1 N–H and O–H groups in total. The molecule has 0 unspecified atom stereocenters. The van der Waals surface area contributed by atoms with Gasteiger partial charge in [-0.3, -0.25) is 0 Å². The van der Waals surface area contributed by atoms with Crippen molar-refractivity contribution in [2.75, 3.05) is 12.4 Å². The molecule has 0 spiro atoms. The van der Waals surface area contributed by atoms with Crippen LogP contribution < -0.4 is 4.72 Å². The van der Waals surface area contributed by atoms with Crippen LogP contribution in [0, 0.1) is 0 Å². The van der Waals surface area contributed by atoms with Crippen LogP contribution in [-0.2, 0) is 10.0 Å². The third kappa shape index (κ3) is 5.05. The average Bonchev–Trinajstić information content (AvgIpc) is 2.32. The molecule has 0 aliphatic carbocycles. The minimum Gasteiger partial charge on any atom is -0.211 e. The molecule has 0 atom stereocenters. The van der Waals surface area contributed by atoms with Crippen LogP contribution in [0.4, 0.5) is 0 Å². The third-order valence-corrected chi connectivity index (χ3v) is 5.24. The Balaban J connectivity index is 2.60. The van der Waals surface area contributed by atoms with Crippen LogP contribution in [0.1, 0.15) is 19.3 Å². The van der Waals surface area contributed by atoms with Crippen LogP contribution in [0.2, 0.25) is 5.02 Å². The van der Waals surface area contributed by atoms with Crippen molar-refractivity contribution in [1.29, 1.82) is 0 Å². The first-order valence-electron chi connectivity index (χ1n) is 5.48. The van der Waals surface area contributed by atoms with Gasteiger partial charge in [0.25, 0.3) is 0 Å². The molecule has 0 bridgehead atoms. The lowest BCUT2D eigenvalue weighted by atomic mass is 10.2. The van der Waals surface area contributed by atoms with Gasteiger partial charge in [0.05, 0.1) is 9.92 Å². The molecule has 0 aromatic heterocycles. The predicted molar refractivity (Wildman–Crippen MR) is 78.9 cm³/mol. The normalized spacial score (nSPS) is 11.7. The van der Waals surface area contributed by atoms with Gasteiger partial charge in [0.15, 0.2) is 0 Å². The molecule has 0 fully saturated rings. The number of hydrogen-bond donors (Lipinski definition) is 1. The van der Waals surface area contributed by atoms with E-state index in [4.69, 9.17) is 23.2 Å². The maximum atomic E-state index is 11.9. The number of benzene rings is 1. The SMILES string of the molecule is O=S(=O)(NCCCCCCl)c1ccc(Cl)c(Br)c1. The van der Waals surface area contributed by atoms with Crippen LogP contribution in [0.15, 0.2) is 27.6 Å². The summed E-state index contributed by atoms with van der Waals surface area (Å²) in [5.74, 6) is 0.608. The molecule has 3 nitrogen and oxygen atoms in total. The van der Waals surface area contributed by atoms with Gasteiger partial charge in [0.2, 0.25) is 10.0 Å². The summed E-state index contributed by atoms with van der Waals surface area (Å²) in [5.41, 5.74) is 0. The molecule has 0 radical (unpaired) electrons. The number of alkyl halides is 1. The van der Waals surface area contributed by atoms with Crippen LogP contribution in [0.25, 0.3) is 0 Å². The van der Waals surface area contributed by atoms with E-state index in [1.165, 1.54) is 12.1 Å². The Hall–Kier alpha value is 0.190. The largest absolute Gasteiger partial charge is 0.240 e. The number of nitrogens with one attached hydrogen (secondary N) is 1. The van der Waals surface area contributed by atoms with Crippen molar-refractivity contribution < 1.29 is 8.42 Å². The standard InChI is InChI=1S/C11H14BrCl2NO2S/c12-10-8-9(4-5-11(10)14)18(16,17)15-7-3-1-2-6-13/h4-5,8,15H,1-3,6-7H2. The molecule has 1 aromatic carbocycles. The van der Waals surface area contributed by atoms with E-state index < -0.39 is 10.0 Å². The van der Waals surface area contributed by atoms with Crippen LogP contribution in [0.3, 0.4) is 0 Å². The summed E-state index contributed by atoms with van der Waals surface area (Å²) in [4.78, 5) is 0.205. The lowest BCUT2D eigenvalue weighted by molar-refractivity contribution is 0.576. The molecule has 0 saturated carbocycles. The van der Waals surface area contributed by atoms with Crippen molar-refractivity contribution in [1.82, 2.24) is 4.72 Å². The molecule has 0 amide bonds. The molecule has 0 saturated heterocycles. The molecular weight excluding hydrogens is 361 g/mol. The highest BCUT2D eigenvalue weighted by Gasteiger charge is 2.14. The number of hydrogen-bond acceptors (Lipinski definition) is 2. The maximum Gasteiger partial charge on any atom is 0.240 e. The number of halogens is 3. The summed E-state index contributed by atoms with van der Waals surface area (Å²) in [6.07, 6.45) is 2.59. The van der Waals surface area contributed by atoms with Crippen molar-refractivity contribution in [3.63, 3.8) is 0 Å². The van der Waals surface area contributed by atoms with Crippen LogP contribution in [0.5, 0.6) is 0 Å². The van der Waals surface area contributed by atoms with Gasteiger partial charge < -0.3 is 0 Å². The van der Waals surface area contributed by atoms with E-state index >= 15 is 0 Å². The van der Waals surface area contributed by atoms with E-state index in [9.17, 15) is 8.42 Å². The summed E-state index contributed by atoms with van der Waals surface area (Å²) in [6, 6.07) is 4.52. The highest BCUT2D eigenvalue weighted by Crippen LogP contribution is 2.25. The summed E-state index contributed by atoms with van der Waals surface area (Å²) in [5, 5.41) is 0.482. The molecule has 0 heterocycles. The Morgan fingerprint density at radius 3 is 2.56 bits per heavy atom. The Morgan fingerprint density at radius 1 is 1.22 bits per heavy atom. The lowest BCUT2D eigenvalue weighted by Gasteiger charge is -2.07. The smallest absolute Gasteiger partial charge is 0.211 e. The second kappa shape index (κ2) is 7.70. The van der Waals surface area contributed by atoms with E-state index in [-0.39, 0.29) is 4.90 Å². The van der Waals surface area contributed by atoms with Gasteiger partial charge in [0, 0.05) is 16.9 Å². The first kappa shape index (κ1) is 16.2. The van der Waals surface area contributed by atoms with E-state index in [1.807, 2.05) is 0 Å². The lowest BCUT2D eigenvalue weighted by Crippen LogP contribution is -2.24. The fourth-order valence-electron chi connectivity index (χ4n) is 1.33. The number of unbranched alkanes of at least 4 members (excludes halogenated alkanes) is 2. The first-order valence-corrected chi connectivity index (χ1v) is 8.67. The van der Waals surface area contributed by atoms with E-state index in [1.54, 1.807) is 6.07 Å². The quantitative estimate of drug-likeness (QED) is 0.582. The maximum absolute atomic E-state index is 11.9. The zero-order valence-electron chi connectivity index (χ0n) is 9.63. The van der Waals surface area contributed by atoms with Crippen LogP contribution in [-0.4, -0.2) is 20.8 Å². The van der Waals surface area contributed by atoms with Gasteiger partial charge in [-0.15, -0.1) is 11.6 Å². The Kier molecular flexibility index (Phi) is 6.95. The van der Waals surface area contributed by atoms with E-state index in [0.717, 1.165) is 19.3 Å². The van der Waals surface area contributed by atoms with E-state index in [2.05, 4.69) is 20.7 Å². The zero-order valence-corrected chi connectivity index (χ0v) is 13.5. The monoisotopic (exact) mass is 373 g/mol. The number of sulfonamides is 1. The molecule has 0 aliphatic rings. The summed E-state index contributed by atoms with van der Waals surface area (Å²) < 4.78 is 27.0. The third-order valence-electron chi connectivity index (χ3n) is 2.30. The van der Waals surface area contributed by atoms with Crippen LogP contribution >= 0.6 is 39.1 Å². The molecule has 7 heteroatoms. The van der Waals surface area contributed by atoms with Crippen molar-refractivity contribution in [2.45, 2.75) is 24.2 Å². The fraction of sp³-hybridized carbons (Fsp3) is 0.455. The molecule has 1 aromatic rings. The number of rotatable bonds is 7. The van der Waals surface area contributed by atoms with Crippen molar-refractivity contribution in [3.8, 4) is 0 Å². The molecule has 102 valence electrons. The average molecular weight is 375 g/mol. The summed E-state index contributed by atoms with van der Waals surface area (Å²) >= 11 is 14.6. The first-order chi connectivity index (χ1) is 8.47. The predicted octanol–water partition coefficient (Wildman–Crippen LogP) is 3.79. The van der Waals surface area contributed by atoms with Gasteiger partial charge >= 0.3 is 0 Å². The molecule has 18 heavy (non-hydrogen) atoms. The summed E-state index contributed by atoms with van der Waals surface area (Å²) in [7, 11) is -3.46. The molecular formula is C11H14BrCl2NO2S. The second-order valence-electron chi connectivity index (χ2n) is 3.72. The zero-order chi connectivity index (χ0) is 13.6. The molecule has 1 rings (SSSR count). The van der Waals surface area contributed by atoms with Gasteiger partial charge in [-0.25, -0.2) is 13.1 Å². The minimum atomic E-state index is -3.46. The molecule has 0 aliphatic heterocycles. The Labute approximate surface area is 126 Å². The van der Waals surface area contributed by atoms with Crippen molar-refractivity contribution >= 4 is 49.2 Å². The topological polar surface area (TPSA) is 46.2 Å². The van der Waals surface area contributed by atoms with E-state index in [0.29, 0.717) is 21.9 Å². The summed E-state index contributed by atoms with van der Waals surface area (Å²) in [6.45, 7) is 0.416. The highest BCUT2D eigenvalue weighted by molar-refractivity contribution is 9.10.